The van der Waals surface area contributed by atoms with Crippen molar-refractivity contribution in [2.24, 2.45) is 0 Å². The van der Waals surface area contributed by atoms with E-state index >= 15 is 0 Å². The summed E-state index contributed by atoms with van der Waals surface area (Å²) < 4.78 is 70.0. The van der Waals surface area contributed by atoms with Crippen molar-refractivity contribution in [3.05, 3.63) is 52.1 Å². The number of aromatic nitrogens is 3. The lowest BCUT2D eigenvalue weighted by molar-refractivity contribution is -0.201. The summed E-state index contributed by atoms with van der Waals surface area (Å²) in [6.07, 6.45) is -0.270. The number of amides is 1. The number of halogens is 4. The summed E-state index contributed by atoms with van der Waals surface area (Å²) in [5.74, 6) is -1.80. The third-order valence-corrected chi connectivity index (χ3v) is 7.68. The SMILES string of the molecule is COCC(=O)N1CC=C(c2cc(F)c(COc3nc4nc(O[C@@H]5CO[C@H]6[C@@H]5OC[C@H]6OF)[nH]c4cc3Cl)c(F)c2)CC1. The summed E-state index contributed by atoms with van der Waals surface area (Å²) >= 11 is 6.32. The minimum atomic E-state index is -0.821. The summed E-state index contributed by atoms with van der Waals surface area (Å²) in [5, 5.41) is 0.0846. The molecule has 11 nitrogen and oxygen atoms in total. The van der Waals surface area contributed by atoms with Crippen molar-refractivity contribution in [3.63, 3.8) is 0 Å². The number of carbonyl (C=O) groups excluding carboxylic acids is 1. The van der Waals surface area contributed by atoms with Crippen molar-refractivity contribution < 1.29 is 46.7 Å². The Balaban J connectivity index is 1.12. The molecule has 0 bridgehead atoms. The molecule has 224 valence electrons. The minimum absolute atomic E-state index is 0.0205. The highest BCUT2D eigenvalue weighted by Gasteiger charge is 2.50. The number of imidazole rings is 1. The molecule has 3 aromatic rings. The summed E-state index contributed by atoms with van der Waals surface area (Å²) in [6, 6.07) is 4.08. The highest BCUT2D eigenvalue weighted by atomic mass is 35.5. The fraction of sp³-hybridized carbons (Fsp3) is 0.444. The van der Waals surface area contributed by atoms with E-state index in [1.165, 1.54) is 25.3 Å². The zero-order valence-corrected chi connectivity index (χ0v) is 23.0. The number of nitrogens with one attached hydrogen (secondary N) is 1. The molecule has 0 radical (unpaired) electrons. The van der Waals surface area contributed by atoms with Gasteiger partial charge >= 0.3 is 0 Å². The first-order valence-electron chi connectivity index (χ1n) is 13.1. The number of fused-ring (bicyclic) bond motifs is 2. The number of methoxy groups -OCH3 is 1. The minimum Gasteiger partial charge on any atom is -0.471 e. The molecule has 0 spiro atoms. The topological polar surface area (TPSA) is 117 Å². The Hall–Kier alpha value is -3.43. The molecule has 1 aromatic carbocycles. The predicted octanol–water partition coefficient (Wildman–Crippen LogP) is 3.55. The summed E-state index contributed by atoms with van der Waals surface area (Å²) in [5.41, 5.74) is 1.46. The molecule has 3 aliphatic rings. The van der Waals surface area contributed by atoms with Gasteiger partial charge in [0.05, 0.1) is 24.3 Å². The number of nitrogens with zero attached hydrogens (tertiary/aromatic N) is 3. The zero-order valence-electron chi connectivity index (χ0n) is 22.3. The van der Waals surface area contributed by atoms with E-state index in [0.717, 1.165) is 5.57 Å². The van der Waals surface area contributed by atoms with Crippen molar-refractivity contribution >= 4 is 34.2 Å². The van der Waals surface area contributed by atoms with Gasteiger partial charge in [0, 0.05) is 20.2 Å². The van der Waals surface area contributed by atoms with Crippen LogP contribution in [0.1, 0.15) is 17.5 Å². The number of H-pyrrole nitrogens is 1. The molecule has 4 atom stereocenters. The maximum atomic E-state index is 15.0. The molecule has 0 aliphatic carbocycles. The Morgan fingerprint density at radius 3 is 2.57 bits per heavy atom. The second-order valence-corrected chi connectivity index (χ2v) is 10.4. The van der Waals surface area contributed by atoms with E-state index < -0.39 is 42.7 Å². The van der Waals surface area contributed by atoms with Crippen LogP contribution in [0.2, 0.25) is 5.02 Å². The van der Waals surface area contributed by atoms with E-state index in [1.54, 1.807) is 11.0 Å². The Morgan fingerprint density at radius 2 is 1.88 bits per heavy atom. The van der Waals surface area contributed by atoms with Crippen molar-refractivity contribution in [2.45, 2.75) is 37.4 Å². The maximum Gasteiger partial charge on any atom is 0.296 e. The number of hydrogen-bond donors (Lipinski definition) is 1. The molecule has 1 N–H and O–H groups in total. The van der Waals surface area contributed by atoms with Gasteiger partial charge in [0.2, 0.25) is 11.8 Å². The van der Waals surface area contributed by atoms with Gasteiger partial charge in [-0.15, -0.1) is 0 Å². The van der Waals surface area contributed by atoms with Gasteiger partial charge in [0.15, 0.2) is 17.9 Å². The lowest BCUT2D eigenvalue weighted by Crippen LogP contribution is -2.36. The highest BCUT2D eigenvalue weighted by molar-refractivity contribution is 6.32. The average Bonchev–Trinajstić information content (AvgIpc) is 3.68. The molecular weight excluding hydrogens is 585 g/mol. The molecular formula is C27H26ClF3N4O7. The molecule has 42 heavy (non-hydrogen) atoms. The van der Waals surface area contributed by atoms with Crippen LogP contribution in [-0.4, -0.2) is 90.2 Å². The van der Waals surface area contributed by atoms with Crippen LogP contribution in [0, 0.1) is 11.6 Å². The van der Waals surface area contributed by atoms with E-state index in [1.807, 2.05) is 0 Å². The van der Waals surface area contributed by atoms with E-state index in [2.05, 4.69) is 19.9 Å². The fourth-order valence-corrected chi connectivity index (χ4v) is 5.43. The van der Waals surface area contributed by atoms with Gasteiger partial charge in [-0.3, -0.25) is 4.79 Å². The second-order valence-electron chi connectivity index (χ2n) is 10.0. The smallest absolute Gasteiger partial charge is 0.296 e. The molecule has 15 heteroatoms. The lowest BCUT2D eigenvalue weighted by Gasteiger charge is -2.26. The molecule has 2 fully saturated rings. The maximum absolute atomic E-state index is 15.0. The second kappa shape index (κ2) is 12.1. The van der Waals surface area contributed by atoms with Crippen LogP contribution in [-0.2, 0) is 30.6 Å². The lowest BCUT2D eigenvalue weighted by atomic mass is 9.97. The molecule has 3 aliphatic heterocycles. The van der Waals surface area contributed by atoms with E-state index in [0.29, 0.717) is 30.6 Å². The van der Waals surface area contributed by atoms with Crippen LogP contribution in [0.25, 0.3) is 16.7 Å². The summed E-state index contributed by atoms with van der Waals surface area (Å²) in [6.45, 7) is 0.451. The van der Waals surface area contributed by atoms with Crippen LogP contribution in [0.3, 0.4) is 0 Å². The van der Waals surface area contributed by atoms with Crippen molar-refractivity contribution in [2.75, 3.05) is 40.0 Å². The van der Waals surface area contributed by atoms with Gasteiger partial charge in [0.25, 0.3) is 6.01 Å². The third-order valence-electron chi connectivity index (χ3n) is 7.41. The first kappa shape index (κ1) is 28.7. The molecule has 0 saturated carbocycles. The van der Waals surface area contributed by atoms with Crippen LogP contribution in [0.4, 0.5) is 13.3 Å². The van der Waals surface area contributed by atoms with Crippen molar-refractivity contribution in [1.29, 1.82) is 0 Å². The molecule has 1 amide bonds. The normalized spacial score (nSPS) is 23.7. The first-order chi connectivity index (χ1) is 20.3. The monoisotopic (exact) mass is 610 g/mol. The van der Waals surface area contributed by atoms with E-state index in [-0.39, 0.29) is 53.9 Å². The summed E-state index contributed by atoms with van der Waals surface area (Å²) in [7, 11) is 1.45. The van der Waals surface area contributed by atoms with Crippen molar-refractivity contribution in [3.8, 4) is 11.9 Å². The zero-order chi connectivity index (χ0) is 29.4. The Bertz CT molecular complexity index is 1500. The number of ether oxygens (including phenoxy) is 5. The summed E-state index contributed by atoms with van der Waals surface area (Å²) in [4.78, 5) is 29.0. The van der Waals surface area contributed by atoms with Gasteiger partial charge in [-0.25, -0.2) is 8.78 Å². The first-order valence-corrected chi connectivity index (χ1v) is 13.5. The third kappa shape index (κ3) is 5.64. The van der Waals surface area contributed by atoms with Crippen LogP contribution in [0.5, 0.6) is 11.9 Å². The Morgan fingerprint density at radius 1 is 1.14 bits per heavy atom. The number of benzene rings is 1. The molecule has 2 aromatic heterocycles. The highest BCUT2D eigenvalue weighted by Crippen LogP contribution is 2.33. The number of carbonyl (C=O) groups is 1. The van der Waals surface area contributed by atoms with Crippen LogP contribution < -0.4 is 9.47 Å². The Kier molecular flexibility index (Phi) is 8.23. The molecule has 2 saturated heterocycles. The van der Waals surface area contributed by atoms with Gasteiger partial charge in [0.1, 0.15) is 42.1 Å². The van der Waals surface area contributed by atoms with Crippen molar-refractivity contribution in [1.82, 2.24) is 19.9 Å². The van der Waals surface area contributed by atoms with Gasteiger partial charge in [-0.1, -0.05) is 17.7 Å². The van der Waals surface area contributed by atoms with E-state index in [9.17, 15) is 18.1 Å². The van der Waals surface area contributed by atoms with E-state index in [4.69, 9.17) is 35.3 Å². The predicted molar refractivity (Wildman–Crippen MR) is 141 cm³/mol. The average molecular weight is 611 g/mol. The standard InChI is InChI=1S/C27H26ClF3N4O7/c1-37-12-22(36)35-4-2-13(3-5-35)14-6-17(29)15(18(30)7-14)9-40-26-16(28)8-19-25(33-26)34-27(32-19)41-20-10-38-24-21(42-31)11-39-23(20)24/h2,6-8,20-21,23-24H,3-5,9-12H2,1H3,(H,32,33,34)/t20-,21-,23-,24-/m1/s1. The molecule has 6 rings (SSSR count). The number of hydrogen-bond acceptors (Lipinski definition) is 9. The van der Waals surface area contributed by atoms with Crippen LogP contribution >= 0.6 is 11.6 Å². The van der Waals surface area contributed by atoms with Gasteiger partial charge < -0.3 is 33.6 Å². The largest absolute Gasteiger partial charge is 0.471 e. The van der Waals surface area contributed by atoms with Gasteiger partial charge in [-0.05, 0) is 40.3 Å². The van der Waals surface area contributed by atoms with Gasteiger partial charge in [-0.2, -0.15) is 14.9 Å². The fourth-order valence-electron chi connectivity index (χ4n) is 5.23. The number of aromatic amines is 1. The molecule has 0 unspecified atom stereocenters. The number of pyridine rings is 1. The number of rotatable bonds is 9. The van der Waals surface area contributed by atoms with Crippen LogP contribution in [0.15, 0.2) is 24.3 Å². The Labute approximate surface area is 242 Å². The molecule has 5 heterocycles. The quantitative estimate of drug-likeness (QED) is 0.388.